The van der Waals surface area contributed by atoms with E-state index in [2.05, 4.69) is 47.5 Å². The largest absolute Gasteiger partial charge is 0.354 e. The second-order valence-electron chi connectivity index (χ2n) is 8.85. The van der Waals surface area contributed by atoms with Gasteiger partial charge in [0.2, 0.25) is 5.91 Å². The van der Waals surface area contributed by atoms with Crippen LogP contribution in [0.3, 0.4) is 0 Å². The summed E-state index contributed by atoms with van der Waals surface area (Å²) in [6.45, 7) is 7.91. The Morgan fingerprint density at radius 1 is 1.09 bits per heavy atom. The molecule has 0 spiro atoms. The van der Waals surface area contributed by atoms with Crippen molar-refractivity contribution < 1.29 is 4.79 Å². The highest BCUT2D eigenvalue weighted by molar-refractivity contribution is 5.88. The molecule has 33 heavy (non-hydrogen) atoms. The van der Waals surface area contributed by atoms with E-state index in [0.29, 0.717) is 6.54 Å². The Bertz CT molecular complexity index is 1270. The zero-order chi connectivity index (χ0) is 22.8. The van der Waals surface area contributed by atoms with Crippen LogP contribution in [-0.4, -0.2) is 49.8 Å². The minimum Gasteiger partial charge on any atom is -0.354 e. The van der Waals surface area contributed by atoms with Gasteiger partial charge in [-0.3, -0.25) is 9.69 Å². The molecule has 5 rings (SSSR count). The van der Waals surface area contributed by atoms with Gasteiger partial charge in [-0.15, -0.1) is 0 Å². The number of hydrogen-bond acceptors (Lipinski definition) is 4. The molecule has 3 aromatic heterocycles. The molecule has 7 heteroatoms. The van der Waals surface area contributed by atoms with Gasteiger partial charge in [-0.05, 0) is 61.6 Å². The van der Waals surface area contributed by atoms with Crippen LogP contribution in [0.25, 0.3) is 16.9 Å². The van der Waals surface area contributed by atoms with E-state index in [0.717, 1.165) is 60.6 Å². The average Bonchev–Trinajstić information content (AvgIpc) is 3.45. The first-order valence-electron chi connectivity index (χ1n) is 11.6. The molecule has 0 unspecified atom stereocenters. The van der Waals surface area contributed by atoms with Gasteiger partial charge in [-0.1, -0.05) is 24.3 Å². The second-order valence-corrected chi connectivity index (χ2v) is 8.85. The highest BCUT2D eigenvalue weighted by atomic mass is 16.2. The predicted octanol–water partition coefficient (Wildman–Crippen LogP) is 3.40. The third kappa shape index (κ3) is 4.54. The Morgan fingerprint density at radius 3 is 2.70 bits per heavy atom. The first-order valence-corrected chi connectivity index (χ1v) is 11.6. The molecule has 0 saturated carbocycles. The van der Waals surface area contributed by atoms with E-state index in [1.807, 2.05) is 36.0 Å². The number of rotatable bonds is 7. The van der Waals surface area contributed by atoms with Gasteiger partial charge in [0, 0.05) is 44.3 Å². The third-order valence-electron chi connectivity index (χ3n) is 6.33. The Morgan fingerprint density at radius 2 is 1.88 bits per heavy atom. The summed E-state index contributed by atoms with van der Waals surface area (Å²) in [5.41, 5.74) is 5.67. The normalized spacial score (nSPS) is 13.9. The number of nitrogens with one attached hydrogen (secondary N) is 1. The van der Waals surface area contributed by atoms with Crippen LogP contribution in [0.2, 0.25) is 0 Å². The molecule has 0 radical (unpaired) electrons. The molecule has 4 aromatic rings. The Balaban J connectivity index is 1.20. The van der Waals surface area contributed by atoms with Gasteiger partial charge >= 0.3 is 0 Å². The maximum absolute atomic E-state index is 12.7. The summed E-state index contributed by atoms with van der Waals surface area (Å²) in [5.74, 6) is 0.765. The number of hydrogen-bond donors (Lipinski definition) is 1. The monoisotopic (exact) mass is 442 g/mol. The van der Waals surface area contributed by atoms with Crippen molar-refractivity contribution in [3.8, 4) is 5.82 Å². The van der Waals surface area contributed by atoms with Crippen LogP contribution in [0.1, 0.15) is 28.8 Å². The number of aromatic nitrogens is 4. The molecule has 0 bridgehead atoms. The highest BCUT2D eigenvalue weighted by Crippen LogP contribution is 2.25. The van der Waals surface area contributed by atoms with Crippen LogP contribution in [0.4, 0.5) is 0 Å². The lowest BCUT2D eigenvalue weighted by Crippen LogP contribution is -2.34. The number of fused-ring (bicyclic) bond motifs is 2. The number of carbonyl (C=O) groups is 1. The van der Waals surface area contributed by atoms with E-state index < -0.39 is 0 Å². The van der Waals surface area contributed by atoms with Crippen molar-refractivity contribution in [2.45, 2.75) is 39.8 Å². The summed E-state index contributed by atoms with van der Waals surface area (Å²) in [5, 5.41) is 8.79. The van der Waals surface area contributed by atoms with Crippen molar-refractivity contribution in [1.82, 2.24) is 29.5 Å². The maximum atomic E-state index is 12.7. The van der Waals surface area contributed by atoms with E-state index in [4.69, 9.17) is 10.1 Å². The van der Waals surface area contributed by atoms with E-state index in [-0.39, 0.29) is 12.5 Å². The van der Waals surface area contributed by atoms with Crippen molar-refractivity contribution in [1.29, 1.82) is 0 Å². The van der Waals surface area contributed by atoms with Gasteiger partial charge in [-0.25, -0.2) is 9.67 Å². The molecule has 4 heterocycles. The lowest BCUT2D eigenvalue weighted by atomic mass is 10.00. The molecule has 0 aliphatic carbocycles. The molecule has 1 aromatic carbocycles. The van der Waals surface area contributed by atoms with Gasteiger partial charge < -0.3 is 9.88 Å². The minimum absolute atomic E-state index is 0.0385. The Hall–Kier alpha value is -3.45. The van der Waals surface area contributed by atoms with Gasteiger partial charge in [0.25, 0.3) is 0 Å². The SMILES string of the molecule is Cc1cc(C)c2c(-n3cccc3)nn(CC(=O)NCCCN3CCc4ccccc4C3)c2n1. The van der Waals surface area contributed by atoms with Crippen LogP contribution in [0.5, 0.6) is 0 Å². The first-order chi connectivity index (χ1) is 16.1. The zero-order valence-electron chi connectivity index (χ0n) is 19.3. The van der Waals surface area contributed by atoms with Crippen molar-refractivity contribution in [3.05, 3.63) is 77.2 Å². The molecular weight excluding hydrogens is 412 g/mol. The minimum atomic E-state index is -0.0385. The van der Waals surface area contributed by atoms with Gasteiger partial charge in [-0.2, -0.15) is 5.10 Å². The van der Waals surface area contributed by atoms with E-state index >= 15 is 0 Å². The first kappa shape index (κ1) is 21.4. The van der Waals surface area contributed by atoms with Gasteiger partial charge in [0.15, 0.2) is 11.5 Å². The zero-order valence-corrected chi connectivity index (χ0v) is 19.3. The quantitative estimate of drug-likeness (QED) is 0.446. The predicted molar refractivity (Wildman–Crippen MR) is 129 cm³/mol. The van der Waals surface area contributed by atoms with Crippen LogP contribution in [0.15, 0.2) is 54.9 Å². The van der Waals surface area contributed by atoms with Gasteiger partial charge in [0.05, 0.1) is 5.39 Å². The fourth-order valence-corrected chi connectivity index (χ4v) is 4.73. The summed E-state index contributed by atoms with van der Waals surface area (Å²) in [4.78, 5) is 19.9. The van der Waals surface area contributed by atoms with E-state index in [1.165, 1.54) is 11.1 Å². The molecule has 1 aliphatic heterocycles. The maximum Gasteiger partial charge on any atom is 0.241 e. The third-order valence-corrected chi connectivity index (χ3v) is 6.33. The Kier molecular flexibility index (Phi) is 5.96. The molecule has 1 N–H and O–H groups in total. The number of pyridine rings is 1. The van der Waals surface area contributed by atoms with E-state index in [9.17, 15) is 4.79 Å². The number of nitrogens with zero attached hydrogens (tertiary/aromatic N) is 5. The number of amides is 1. The highest BCUT2D eigenvalue weighted by Gasteiger charge is 2.18. The summed E-state index contributed by atoms with van der Waals surface area (Å²) in [7, 11) is 0. The van der Waals surface area contributed by atoms with Crippen LogP contribution in [0, 0.1) is 13.8 Å². The van der Waals surface area contributed by atoms with Crippen LogP contribution < -0.4 is 5.32 Å². The topological polar surface area (TPSA) is 68.0 Å². The molecule has 0 saturated heterocycles. The molecule has 7 nitrogen and oxygen atoms in total. The smallest absolute Gasteiger partial charge is 0.241 e. The number of benzene rings is 1. The summed E-state index contributed by atoms with van der Waals surface area (Å²) in [6, 6.07) is 14.7. The second kappa shape index (κ2) is 9.19. The summed E-state index contributed by atoms with van der Waals surface area (Å²) >= 11 is 0. The van der Waals surface area contributed by atoms with E-state index in [1.54, 1.807) is 4.68 Å². The molecule has 1 aliphatic rings. The molecule has 0 fully saturated rings. The van der Waals surface area contributed by atoms with Crippen LogP contribution in [-0.2, 0) is 24.3 Å². The lowest BCUT2D eigenvalue weighted by Gasteiger charge is -2.28. The number of aryl methyl sites for hydroxylation is 2. The fourth-order valence-electron chi connectivity index (χ4n) is 4.73. The van der Waals surface area contributed by atoms with Crippen molar-refractivity contribution in [3.63, 3.8) is 0 Å². The standard InChI is InChI=1S/C26H30N6O/c1-19-16-20(2)28-25-24(19)26(31-13-5-6-14-31)29-32(25)18-23(33)27-11-7-12-30-15-10-21-8-3-4-9-22(21)17-30/h3-6,8-9,13-14,16H,7,10-12,15,17-18H2,1-2H3,(H,27,33). The fraction of sp³-hybridized carbons (Fsp3) is 0.346. The lowest BCUT2D eigenvalue weighted by molar-refractivity contribution is -0.121. The van der Waals surface area contributed by atoms with Crippen molar-refractivity contribution in [2.24, 2.45) is 0 Å². The molecule has 0 atom stereocenters. The van der Waals surface area contributed by atoms with Crippen molar-refractivity contribution >= 4 is 16.9 Å². The molecule has 170 valence electrons. The number of carbonyl (C=O) groups excluding carboxylic acids is 1. The van der Waals surface area contributed by atoms with Crippen LogP contribution >= 0.6 is 0 Å². The summed E-state index contributed by atoms with van der Waals surface area (Å²) in [6.07, 6.45) is 5.96. The average molecular weight is 443 g/mol. The van der Waals surface area contributed by atoms with Crippen molar-refractivity contribution in [2.75, 3.05) is 19.6 Å². The molecular formula is C26H30N6O. The Labute approximate surface area is 194 Å². The summed E-state index contributed by atoms with van der Waals surface area (Å²) < 4.78 is 3.69. The van der Waals surface area contributed by atoms with Gasteiger partial charge in [0.1, 0.15) is 6.54 Å². The molecule has 1 amide bonds.